The topological polar surface area (TPSA) is 32.3 Å². The maximum absolute atomic E-state index is 12.2. The SMILES string of the molecule is CCC1CCCCCN1C(=O)CNC(C)(C)C. The van der Waals surface area contributed by atoms with Gasteiger partial charge in [-0.15, -0.1) is 0 Å². The molecule has 1 amide bonds. The van der Waals surface area contributed by atoms with E-state index in [0.717, 1.165) is 19.4 Å². The zero-order valence-electron chi connectivity index (χ0n) is 11.9. The molecule has 0 spiro atoms. The molecule has 0 aromatic rings. The molecule has 3 nitrogen and oxygen atoms in total. The average Bonchev–Trinajstić information content (AvgIpc) is 2.49. The molecular formula is C14H28N2O. The first-order valence-electron chi connectivity index (χ1n) is 6.98. The van der Waals surface area contributed by atoms with Crippen LogP contribution in [0, 0.1) is 0 Å². The summed E-state index contributed by atoms with van der Waals surface area (Å²) in [5.74, 6) is 0.272. The van der Waals surface area contributed by atoms with Gasteiger partial charge in [-0.1, -0.05) is 19.8 Å². The number of likely N-dealkylation sites (tertiary alicyclic amines) is 1. The predicted molar refractivity (Wildman–Crippen MR) is 72.0 cm³/mol. The van der Waals surface area contributed by atoms with Gasteiger partial charge in [0, 0.05) is 18.1 Å². The Morgan fingerprint density at radius 1 is 1.29 bits per heavy atom. The molecule has 1 atom stereocenters. The maximum atomic E-state index is 12.2. The summed E-state index contributed by atoms with van der Waals surface area (Å²) in [5, 5.41) is 3.29. The summed E-state index contributed by atoms with van der Waals surface area (Å²) in [7, 11) is 0. The van der Waals surface area contributed by atoms with Crippen molar-refractivity contribution in [3.8, 4) is 0 Å². The van der Waals surface area contributed by atoms with Crippen molar-refractivity contribution in [3.63, 3.8) is 0 Å². The molecule has 0 aromatic heterocycles. The molecular weight excluding hydrogens is 212 g/mol. The minimum Gasteiger partial charge on any atom is -0.339 e. The van der Waals surface area contributed by atoms with Gasteiger partial charge in [-0.05, 0) is 40.0 Å². The molecule has 100 valence electrons. The predicted octanol–water partition coefficient (Wildman–Crippen LogP) is 2.56. The van der Waals surface area contributed by atoms with Crippen LogP contribution in [0.1, 0.15) is 59.8 Å². The first kappa shape index (κ1) is 14.5. The van der Waals surface area contributed by atoms with E-state index in [-0.39, 0.29) is 11.4 Å². The van der Waals surface area contributed by atoms with Gasteiger partial charge in [0.25, 0.3) is 0 Å². The van der Waals surface area contributed by atoms with Crippen LogP contribution in [0.2, 0.25) is 0 Å². The van der Waals surface area contributed by atoms with Gasteiger partial charge in [0.05, 0.1) is 6.54 Å². The van der Waals surface area contributed by atoms with Gasteiger partial charge < -0.3 is 10.2 Å². The van der Waals surface area contributed by atoms with Crippen LogP contribution in [0.3, 0.4) is 0 Å². The van der Waals surface area contributed by atoms with Crippen LogP contribution >= 0.6 is 0 Å². The van der Waals surface area contributed by atoms with E-state index in [1.54, 1.807) is 0 Å². The second kappa shape index (κ2) is 6.39. The van der Waals surface area contributed by atoms with Crippen LogP contribution in [0.15, 0.2) is 0 Å². The second-order valence-corrected chi connectivity index (χ2v) is 6.10. The zero-order chi connectivity index (χ0) is 12.9. The van der Waals surface area contributed by atoms with Crippen molar-refractivity contribution in [1.82, 2.24) is 10.2 Å². The molecule has 0 aliphatic carbocycles. The fraction of sp³-hybridized carbons (Fsp3) is 0.929. The highest BCUT2D eigenvalue weighted by molar-refractivity contribution is 5.78. The first-order valence-corrected chi connectivity index (χ1v) is 6.98. The Balaban J connectivity index is 2.52. The quantitative estimate of drug-likeness (QED) is 0.822. The van der Waals surface area contributed by atoms with Gasteiger partial charge in [0.15, 0.2) is 0 Å². The van der Waals surface area contributed by atoms with Crippen LogP contribution in [-0.2, 0) is 4.79 Å². The third kappa shape index (κ3) is 5.07. The first-order chi connectivity index (χ1) is 7.94. The van der Waals surface area contributed by atoms with E-state index in [2.05, 4.69) is 37.9 Å². The van der Waals surface area contributed by atoms with Crippen molar-refractivity contribution in [3.05, 3.63) is 0 Å². The molecule has 0 bridgehead atoms. The number of nitrogens with one attached hydrogen (secondary N) is 1. The van der Waals surface area contributed by atoms with Crippen molar-refractivity contribution in [2.45, 2.75) is 71.4 Å². The maximum Gasteiger partial charge on any atom is 0.236 e. The molecule has 1 heterocycles. The normalized spacial score (nSPS) is 22.4. The third-order valence-electron chi connectivity index (χ3n) is 3.44. The lowest BCUT2D eigenvalue weighted by Crippen LogP contribution is -2.48. The van der Waals surface area contributed by atoms with Gasteiger partial charge in [-0.2, -0.15) is 0 Å². The zero-order valence-corrected chi connectivity index (χ0v) is 11.9. The van der Waals surface area contributed by atoms with E-state index in [4.69, 9.17) is 0 Å². The summed E-state index contributed by atoms with van der Waals surface area (Å²) in [6.07, 6.45) is 5.97. The average molecular weight is 240 g/mol. The lowest BCUT2D eigenvalue weighted by atomic mass is 10.1. The van der Waals surface area contributed by atoms with E-state index >= 15 is 0 Å². The third-order valence-corrected chi connectivity index (χ3v) is 3.44. The number of nitrogens with zero attached hydrogens (tertiary/aromatic N) is 1. The summed E-state index contributed by atoms with van der Waals surface area (Å²) in [6, 6.07) is 0.465. The molecule has 0 saturated carbocycles. The fourth-order valence-electron chi connectivity index (χ4n) is 2.37. The summed E-state index contributed by atoms with van der Waals surface area (Å²) in [5.41, 5.74) is 0.0171. The molecule has 1 N–H and O–H groups in total. The number of hydrogen-bond donors (Lipinski definition) is 1. The van der Waals surface area contributed by atoms with Crippen molar-refractivity contribution in [2.75, 3.05) is 13.1 Å². The number of hydrogen-bond acceptors (Lipinski definition) is 2. The van der Waals surface area contributed by atoms with Gasteiger partial charge in [-0.3, -0.25) is 4.79 Å². The van der Waals surface area contributed by atoms with E-state index in [1.807, 2.05) is 0 Å². The number of rotatable bonds is 3. The number of carbonyl (C=O) groups is 1. The van der Waals surface area contributed by atoms with Gasteiger partial charge in [0.1, 0.15) is 0 Å². The molecule has 1 fully saturated rings. The Kier molecular flexibility index (Phi) is 5.44. The Labute approximate surface area is 106 Å². The summed E-state index contributed by atoms with van der Waals surface area (Å²) < 4.78 is 0. The van der Waals surface area contributed by atoms with Crippen LogP contribution in [0.25, 0.3) is 0 Å². The molecule has 0 radical (unpaired) electrons. The summed E-state index contributed by atoms with van der Waals surface area (Å²) in [6.45, 7) is 9.90. The summed E-state index contributed by atoms with van der Waals surface area (Å²) >= 11 is 0. The Hall–Kier alpha value is -0.570. The molecule has 1 aliphatic rings. The minimum atomic E-state index is 0.0171. The highest BCUT2D eigenvalue weighted by Gasteiger charge is 2.24. The highest BCUT2D eigenvalue weighted by Crippen LogP contribution is 2.19. The fourth-order valence-corrected chi connectivity index (χ4v) is 2.37. The number of amides is 1. The van der Waals surface area contributed by atoms with E-state index in [0.29, 0.717) is 12.6 Å². The standard InChI is InChI=1S/C14H28N2O/c1-5-12-9-7-6-8-10-16(12)13(17)11-15-14(2,3)4/h12,15H,5-11H2,1-4H3. The van der Waals surface area contributed by atoms with Gasteiger partial charge in [0.2, 0.25) is 5.91 Å². The van der Waals surface area contributed by atoms with Crippen molar-refractivity contribution in [2.24, 2.45) is 0 Å². The van der Waals surface area contributed by atoms with Gasteiger partial charge in [-0.25, -0.2) is 0 Å². The highest BCUT2D eigenvalue weighted by atomic mass is 16.2. The van der Waals surface area contributed by atoms with E-state index in [1.165, 1.54) is 19.3 Å². The van der Waals surface area contributed by atoms with Crippen LogP contribution in [0.5, 0.6) is 0 Å². The molecule has 1 unspecified atom stereocenters. The monoisotopic (exact) mass is 240 g/mol. The molecule has 1 saturated heterocycles. The number of carbonyl (C=O) groups excluding carboxylic acids is 1. The molecule has 1 aliphatic heterocycles. The minimum absolute atomic E-state index is 0.0171. The second-order valence-electron chi connectivity index (χ2n) is 6.10. The van der Waals surface area contributed by atoms with Crippen molar-refractivity contribution < 1.29 is 4.79 Å². The van der Waals surface area contributed by atoms with Gasteiger partial charge >= 0.3 is 0 Å². The Morgan fingerprint density at radius 2 is 2.00 bits per heavy atom. The smallest absolute Gasteiger partial charge is 0.236 e. The van der Waals surface area contributed by atoms with Crippen molar-refractivity contribution >= 4 is 5.91 Å². The van der Waals surface area contributed by atoms with Crippen LogP contribution in [-0.4, -0.2) is 35.5 Å². The molecule has 0 aromatic carbocycles. The van der Waals surface area contributed by atoms with E-state index in [9.17, 15) is 4.79 Å². The van der Waals surface area contributed by atoms with E-state index < -0.39 is 0 Å². The molecule has 1 rings (SSSR count). The molecule has 17 heavy (non-hydrogen) atoms. The Bertz CT molecular complexity index is 245. The van der Waals surface area contributed by atoms with Crippen molar-refractivity contribution in [1.29, 1.82) is 0 Å². The summed E-state index contributed by atoms with van der Waals surface area (Å²) in [4.78, 5) is 14.3. The van der Waals surface area contributed by atoms with Crippen LogP contribution < -0.4 is 5.32 Å². The van der Waals surface area contributed by atoms with Crippen LogP contribution in [0.4, 0.5) is 0 Å². The molecule has 3 heteroatoms. The lowest BCUT2D eigenvalue weighted by Gasteiger charge is -2.31. The lowest BCUT2D eigenvalue weighted by molar-refractivity contribution is -0.132. The Morgan fingerprint density at radius 3 is 2.59 bits per heavy atom. The largest absolute Gasteiger partial charge is 0.339 e.